The maximum absolute atomic E-state index is 12.5. The van der Waals surface area contributed by atoms with E-state index in [-0.39, 0.29) is 6.61 Å². The highest BCUT2D eigenvalue weighted by Gasteiger charge is 2.34. The van der Waals surface area contributed by atoms with Crippen LogP contribution in [-0.2, 0) is 25.7 Å². The summed E-state index contributed by atoms with van der Waals surface area (Å²) in [7, 11) is 0. The van der Waals surface area contributed by atoms with Crippen LogP contribution in [0.1, 0.15) is 53.5 Å². The van der Waals surface area contributed by atoms with Gasteiger partial charge in [-0.1, -0.05) is 51.1 Å². The smallest absolute Gasteiger partial charge is 0.408 e. The number of ketones is 1. The van der Waals surface area contributed by atoms with Gasteiger partial charge in [-0.2, -0.15) is 0 Å². The molecule has 26 heavy (non-hydrogen) atoms. The minimum atomic E-state index is -0.863. The van der Waals surface area contributed by atoms with Crippen molar-refractivity contribution in [3.8, 4) is 0 Å². The minimum absolute atomic E-state index is 0.101. The Hall–Kier alpha value is -2.37. The molecular formula is C20H29NO5. The molecule has 0 aliphatic carbocycles. The minimum Gasteiger partial charge on any atom is -0.460 e. The molecule has 0 bridgehead atoms. The number of ether oxygens (including phenoxy) is 2. The van der Waals surface area contributed by atoms with Gasteiger partial charge in [0.05, 0.1) is 6.04 Å². The number of Topliss-reactive ketones (excluding diaryl/α,β-unsaturated/α-hetero) is 1. The second-order valence-corrected chi connectivity index (χ2v) is 8.23. The highest BCUT2D eigenvalue weighted by Crippen LogP contribution is 2.22. The van der Waals surface area contributed by atoms with Crippen molar-refractivity contribution in [1.82, 2.24) is 5.32 Å². The first kappa shape index (κ1) is 21.7. The molecule has 0 heterocycles. The van der Waals surface area contributed by atoms with Gasteiger partial charge in [-0.3, -0.25) is 9.59 Å². The molecule has 6 heteroatoms. The summed E-state index contributed by atoms with van der Waals surface area (Å²) in [5.41, 5.74) is -0.406. The van der Waals surface area contributed by atoms with Gasteiger partial charge in [0.15, 0.2) is 5.78 Å². The summed E-state index contributed by atoms with van der Waals surface area (Å²) in [4.78, 5) is 36.5. The third kappa shape index (κ3) is 8.14. The molecule has 1 N–H and O–H groups in total. The fourth-order valence-electron chi connectivity index (χ4n) is 2.28. The number of nitrogens with one attached hydrogen (secondary N) is 1. The second-order valence-electron chi connectivity index (χ2n) is 8.23. The Labute approximate surface area is 155 Å². The van der Waals surface area contributed by atoms with Gasteiger partial charge in [0.2, 0.25) is 0 Å². The molecule has 6 nitrogen and oxygen atoms in total. The molecule has 144 valence electrons. The molecule has 1 aromatic rings. The molecule has 0 aromatic heterocycles. The summed E-state index contributed by atoms with van der Waals surface area (Å²) < 4.78 is 10.3. The van der Waals surface area contributed by atoms with E-state index in [1.807, 2.05) is 51.1 Å². The number of rotatable bonds is 6. The van der Waals surface area contributed by atoms with E-state index < -0.39 is 41.3 Å². The predicted molar refractivity (Wildman–Crippen MR) is 98.5 cm³/mol. The number of hydrogen-bond acceptors (Lipinski definition) is 5. The molecule has 1 atom stereocenters. The fraction of sp³-hybridized carbons (Fsp3) is 0.550. The molecule has 0 saturated heterocycles. The number of amides is 1. The first-order chi connectivity index (χ1) is 11.9. The number of benzene rings is 1. The van der Waals surface area contributed by atoms with Crippen LogP contribution in [0.5, 0.6) is 0 Å². The first-order valence-electron chi connectivity index (χ1n) is 8.60. The lowest BCUT2D eigenvalue weighted by molar-refractivity contribution is -0.156. The maximum Gasteiger partial charge on any atom is 0.408 e. The molecule has 0 aliphatic heterocycles. The zero-order chi connectivity index (χ0) is 20.0. The van der Waals surface area contributed by atoms with Crippen molar-refractivity contribution in [2.45, 2.75) is 66.2 Å². The highest BCUT2D eigenvalue weighted by atomic mass is 16.6. The van der Waals surface area contributed by atoms with E-state index >= 15 is 0 Å². The molecule has 0 fully saturated rings. The van der Waals surface area contributed by atoms with Crippen molar-refractivity contribution in [3.63, 3.8) is 0 Å². The van der Waals surface area contributed by atoms with Crippen molar-refractivity contribution >= 4 is 17.8 Å². The molecule has 0 aliphatic rings. The number of alkyl carbamates (subject to hydrolysis) is 1. The van der Waals surface area contributed by atoms with Gasteiger partial charge >= 0.3 is 12.1 Å². The van der Waals surface area contributed by atoms with Crippen LogP contribution in [0.3, 0.4) is 0 Å². The van der Waals surface area contributed by atoms with Gasteiger partial charge in [0, 0.05) is 0 Å². The van der Waals surface area contributed by atoms with Gasteiger partial charge in [0.25, 0.3) is 0 Å². The molecule has 0 spiro atoms. The summed E-state index contributed by atoms with van der Waals surface area (Å²) >= 11 is 0. The molecule has 1 amide bonds. The largest absolute Gasteiger partial charge is 0.460 e. The summed E-state index contributed by atoms with van der Waals surface area (Å²) in [6, 6.07) is 8.37. The van der Waals surface area contributed by atoms with E-state index in [1.54, 1.807) is 20.8 Å². The number of carbonyl (C=O) groups is 3. The van der Waals surface area contributed by atoms with Crippen LogP contribution in [-0.4, -0.2) is 29.5 Å². The van der Waals surface area contributed by atoms with E-state index in [0.29, 0.717) is 0 Å². The summed E-state index contributed by atoms with van der Waals surface area (Å²) in [5, 5.41) is 2.58. The van der Waals surface area contributed by atoms with Crippen LogP contribution in [0.2, 0.25) is 0 Å². The quantitative estimate of drug-likeness (QED) is 0.616. The Morgan fingerprint density at radius 2 is 1.58 bits per heavy atom. The van der Waals surface area contributed by atoms with E-state index in [9.17, 15) is 14.4 Å². The van der Waals surface area contributed by atoms with E-state index in [0.717, 1.165) is 5.56 Å². The van der Waals surface area contributed by atoms with Crippen LogP contribution in [0.4, 0.5) is 4.79 Å². The molecule has 1 aromatic carbocycles. The van der Waals surface area contributed by atoms with Crippen LogP contribution in [0.15, 0.2) is 30.3 Å². The average Bonchev–Trinajstić information content (AvgIpc) is 2.48. The van der Waals surface area contributed by atoms with Crippen molar-refractivity contribution in [2.24, 2.45) is 5.41 Å². The predicted octanol–water partition coefficient (Wildman–Crippen LogP) is 3.63. The Balaban J connectivity index is 2.67. The lowest BCUT2D eigenvalue weighted by Gasteiger charge is -2.30. The average molecular weight is 363 g/mol. The van der Waals surface area contributed by atoms with E-state index in [1.165, 1.54) is 0 Å². The van der Waals surface area contributed by atoms with Gasteiger partial charge in [-0.15, -0.1) is 0 Å². The topological polar surface area (TPSA) is 81.7 Å². The number of hydrogen-bond donors (Lipinski definition) is 1. The van der Waals surface area contributed by atoms with Gasteiger partial charge < -0.3 is 14.8 Å². The Morgan fingerprint density at radius 1 is 1.00 bits per heavy atom. The van der Waals surface area contributed by atoms with Crippen LogP contribution >= 0.6 is 0 Å². The Morgan fingerprint density at radius 3 is 2.08 bits per heavy atom. The van der Waals surface area contributed by atoms with Crippen molar-refractivity contribution in [1.29, 1.82) is 0 Å². The summed E-state index contributed by atoms with van der Waals surface area (Å²) in [6.45, 7) is 10.7. The highest BCUT2D eigenvalue weighted by molar-refractivity contribution is 6.00. The monoisotopic (exact) mass is 363 g/mol. The van der Waals surface area contributed by atoms with E-state index in [4.69, 9.17) is 9.47 Å². The standard InChI is InChI=1S/C20H29NO5/c1-19(2,3)17(15(22)12-16(23)26-20(4,5)6)21-18(24)25-13-14-10-8-7-9-11-14/h7-11,17H,12-13H2,1-6H3,(H,21,24)/t17-/m1/s1. The van der Waals surface area contributed by atoms with Crippen molar-refractivity contribution in [2.75, 3.05) is 0 Å². The molecule has 0 radical (unpaired) electrons. The van der Waals surface area contributed by atoms with Crippen LogP contribution in [0.25, 0.3) is 0 Å². The molecule has 0 saturated carbocycles. The van der Waals surface area contributed by atoms with Crippen LogP contribution < -0.4 is 5.32 Å². The maximum atomic E-state index is 12.5. The fourth-order valence-corrected chi connectivity index (χ4v) is 2.28. The third-order valence-corrected chi connectivity index (χ3v) is 3.40. The van der Waals surface area contributed by atoms with E-state index in [2.05, 4.69) is 5.32 Å². The Bertz CT molecular complexity index is 626. The number of carbonyl (C=O) groups excluding carboxylic acids is 3. The van der Waals surface area contributed by atoms with Gasteiger partial charge in [-0.25, -0.2) is 4.79 Å². The molecular weight excluding hydrogens is 334 g/mol. The van der Waals surface area contributed by atoms with Crippen molar-refractivity contribution < 1.29 is 23.9 Å². The molecule has 1 rings (SSSR count). The lowest BCUT2D eigenvalue weighted by atomic mass is 9.83. The number of esters is 1. The SMILES string of the molecule is CC(C)(C)OC(=O)CC(=O)[C@@H](NC(=O)OCc1ccccc1)C(C)(C)C. The van der Waals surface area contributed by atoms with Gasteiger partial charge in [-0.05, 0) is 31.7 Å². The normalized spacial score (nSPS) is 12.8. The van der Waals surface area contributed by atoms with Crippen LogP contribution in [0, 0.1) is 5.41 Å². The van der Waals surface area contributed by atoms with Gasteiger partial charge in [0.1, 0.15) is 18.6 Å². The third-order valence-electron chi connectivity index (χ3n) is 3.40. The lowest BCUT2D eigenvalue weighted by Crippen LogP contribution is -2.50. The Kier molecular flexibility index (Phi) is 7.36. The van der Waals surface area contributed by atoms with Crippen molar-refractivity contribution in [3.05, 3.63) is 35.9 Å². The first-order valence-corrected chi connectivity index (χ1v) is 8.60. The second kappa shape index (κ2) is 8.83. The summed E-state index contributed by atoms with van der Waals surface area (Å²) in [6.07, 6.45) is -1.11. The summed E-state index contributed by atoms with van der Waals surface area (Å²) in [5.74, 6) is -1.03. The zero-order valence-electron chi connectivity index (χ0n) is 16.4. The molecule has 0 unspecified atom stereocenters. The zero-order valence-corrected chi connectivity index (χ0v) is 16.4.